The second-order valence-electron chi connectivity index (χ2n) is 3.32. The molecule has 0 atom stereocenters. The number of amides is 1. The standard InChI is InChI=1S/C11H9FN2O3/c12-6-8-5-10(17-14-8)13-11(16)7-2-1-3-9(15)4-7/h1-5,15H,6H2,(H,13,16). The van der Waals surface area contributed by atoms with Crippen molar-refractivity contribution in [2.45, 2.75) is 6.67 Å². The van der Waals surface area contributed by atoms with Gasteiger partial charge in [-0.1, -0.05) is 11.2 Å². The molecule has 0 aliphatic rings. The van der Waals surface area contributed by atoms with Crippen LogP contribution in [0.15, 0.2) is 34.9 Å². The molecule has 17 heavy (non-hydrogen) atoms. The molecule has 0 saturated heterocycles. The lowest BCUT2D eigenvalue weighted by Gasteiger charge is -2.01. The summed E-state index contributed by atoms with van der Waals surface area (Å²) in [6.07, 6.45) is 0. The van der Waals surface area contributed by atoms with Gasteiger partial charge in [-0.25, -0.2) is 4.39 Å². The average Bonchev–Trinajstić information content (AvgIpc) is 2.77. The first-order valence-electron chi connectivity index (χ1n) is 4.81. The van der Waals surface area contributed by atoms with Gasteiger partial charge in [0.25, 0.3) is 5.91 Å². The Kier molecular flexibility index (Phi) is 3.04. The average molecular weight is 236 g/mol. The number of hydrogen-bond donors (Lipinski definition) is 2. The first-order chi connectivity index (χ1) is 8.19. The fourth-order valence-corrected chi connectivity index (χ4v) is 1.26. The van der Waals surface area contributed by atoms with Crippen LogP contribution in [0.2, 0.25) is 0 Å². The van der Waals surface area contributed by atoms with E-state index >= 15 is 0 Å². The number of aromatic hydroxyl groups is 1. The van der Waals surface area contributed by atoms with Gasteiger partial charge in [-0.2, -0.15) is 0 Å². The van der Waals surface area contributed by atoms with Crippen LogP contribution in [-0.2, 0) is 6.67 Å². The Bertz CT molecular complexity index is 539. The van der Waals surface area contributed by atoms with Gasteiger partial charge in [-0.05, 0) is 18.2 Å². The molecule has 2 rings (SSSR count). The number of halogens is 1. The maximum Gasteiger partial charge on any atom is 0.258 e. The predicted octanol–water partition coefficient (Wildman–Crippen LogP) is 2.10. The Morgan fingerprint density at radius 2 is 2.29 bits per heavy atom. The van der Waals surface area contributed by atoms with Crippen molar-refractivity contribution in [3.63, 3.8) is 0 Å². The van der Waals surface area contributed by atoms with Crippen LogP contribution in [0.25, 0.3) is 0 Å². The number of hydrogen-bond acceptors (Lipinski definition) is 4. The van der Waals surface area contributed by atoms with E-state index in [-0.39, 0.29) is 22.9 Å². The number of carbonyl (C=O) groups is 1. The molecule has 0 spiro atoms. The van der Waals surface area contributed by atoms with Crippen molar-refractivity contribution in [3.05, 3.63) is 41.6 Å². The van der Waals surface area contributed by atoms with Gasteiger partial charge in [0.1, 0.15) is 18.1 Å². The monoisotopic (exact) mass is 236 g/mol. The summed E-state index contributed by atoms with van der Waals surface area (Å²) < 4.78 is 16.9. The van der Waals surface area contributed by atoms with E-state index < -0.39 is 12.6 Å². The molecule has 5 nitrogen and oxygen atoms in total. The maximum atomic E-state index is 12.2. The molecule has 0 aliphatic carbocycles. The third-order valence-electron chi connectivity index (χ3n) is 2.04. The number of phenolic OH excluding ortho intramolecular Hbond substituents is 1. The highest BCUT2D eigenvalue weighted by Gasteiger charge is 2.10. The number of nitrogens with zero attached hydrogens (tertiary/aromatic N) is 1. The van der Waals surface area contributed by atoms with Gasteiger partial charge in [-0.15, -0.1) is 0 Å². The highest BCUT2D eigenvalue weighted by molar-refractivity contribution is 6.03. The van der Waals surface area contributed by atoms with Gasteiger partial charge in [0.15, 0.2) is 0 Å². The van der Waals surface area contributed by atoms with E-state index in [1.165, 1.54) is 30.3 Å². The summed E-state index contributed by atoms with van der Waals surface area (Å²) in [4.78, 5) is 11.7. The highest BCUT2D eigenvalue weighted by atomic mass is 19.1. The summed E-state index contributed by atoms with van der Waals surface area (Å²) in [7, 11) is 0. The zero-order chi connectivity index (χ0) is 12.3. The van der Waals surface area contributed by atoms with Crippen LogP contribution in [0.4, 0.5) is 10.3 Å². The van der Waals surface area contributed by atoms with Crippen molar-refractivity contribution in [1.82, 2.24) is 5.16 Å². The smallest absolute Gasteiger partial charge is 0.258 e. The van der Waals surface area contributed by atoms with Crippen molar-refractivity contribution in [2.24, 2.45) is 0 Å². The number of benzene rings is 1. The molecule has 1 heterocycles. The first kappa shape index (κ1) is 11.1. The van der Waals surface area contributed by atoms with E-state index in [2.05, 4.69) is 10.5 Å². The third kappa shape index (κ3) is 2.60. The number of phenols is 1. The van der Waals surface area contributed by atoms with E-state index in [4.69, 9.17) is 4.52 Å². The molecule has 0 unspecified atom stereocenters. The SMILES string of the molecule is O=C(Nc1cc(CF)no1)c1cccc(O)c1. The summed E-state index contributed by atoms with van der Waals surface area (Å²) in [5, 5.41) is 15.0. The Hall–Kier alpha value is -2.37. The molecule has 88 valence electrons. The Balaban J connectivity index is 2.11. The Labute approximate surface area is 95.9 Å². The first-order valence-corrected chi connectivity index (χ1v) is 4.81. The minimum Gasteiger partial charge on any atom is -0.508 e. The normalized spacial score (nSPS) is 10.2. The topological polar surface area (TPSA) is 75.4 Å². The molecule has 0 fully saturated rings. The van der Waals surface area contributed by atoms with E-state index in [9.17, 15) is 14.3 Å². The van der Waals surface area contributed by atoms with Crippen LogP contribution in [0.3, 0.4) is 0 Å². The lowest BCUT2D eigenvalue weighted by Crippen LogP contribution is -2.10. The van der Waals surface area contributed by atoms with E-state index in [1.807, 2.05) is 0 Å². The minimum atomic E-state index is -0.758. The molecule has 2 N–H and O–H groups in total. The molecular formula is C11H9FN2O3. The minimum absolute atomic E-state index is 0.0142. The van der Waals surface area contributed by atoms with Crippen molar-refractivity contribution in [2.75, 3.05) is 5.32 Å². The lowest BCUT2D eigenvalue weighted by atomic mass is 10.2. The summed E-state index contributed by atoms with van der Waals surface area (Å²) in [6.45, 7) is -0.758. The summed E-state index contributed by atoms with van der Waals surface area (Å²) in [5.41, 5.74) is 0.374. The zero-order valence-electron chi connectivity index (χ0n) is 8.68. The fraction of sp³-hybridized carbons (Fsp3) is 0.0909. The van der Waals surface area contributed by atoms with Crippen molar-refractivity contribution in [3.8, 4) is 5.75 Å². The van der Waals surface area contributed by atoms with Crippen molar-refractivity contribution < 1.29 is 18.8 Å². The second kappa shape index (κ2) is 4.65. The van der Waals surface area contributed by atoms with Crippen LogP contribution in [-0.4, -0.2) is 16.2 Å². The van der Waals surface area contributed by atoms with Crippen LogP contribution < -0.4 is 5.32 Å². The molecule has 0 bridgehead atoms. The van der Waals surface area contributed by atoms with Gasteiger partial charge in [0.2, 0.25) is 5.88 Å². The van der Waals surface area contributed by atoms with Crippen molar-refractivity contribution in [1.29, 1.82) is 0 Å². The van der Waals surface area contributed by atoms with Gasteiger partial charge in [-0.3, -0.25) is 10.1 Å². The molecule has 0 radical (unpaired) electrons. The molecular weight excluding hydrogens is 227 g/mol. The van der Waals surface area contributed by atoms with Gasteiger partial charge in [0, 0.05) is 11.6 Å². The number of nitrogens with one attached hydrogen (secondary N) is 1. The number of alkyl halides is 1. The molecule has 0 saturated carbocycles. The molecule has 6 heteroatoms. The molecule has 1 aromatic heterocycles. The quantitative estimate of drug-likeness (QED) is 0.855. The number of rotatable bonds is 3. The highest BCUT2D eigenvalue weighted by Crippen LogP contribution is 2.15. The van der Waals surface area contributed by atoms with Crippen LogP contribution in [0.1, 0.15) is 16.1 Å². The van der Waals surface area contributed by atoms with E-state index in [0.29, 0.717) is 0 Å². The van der Waals surface area contributed by atoms with Gasteiger partial charge < -0.3 is 9.63 Å². The summed E-state index contributed by atoms with van der Waals surface area (Å²) >= 11 is 0. The third-order valence-corrected chi connectivity index (χ3v) is 2.04. The maximum absolute atomic E-state index is 12.2. The number of anilines is 1. The second-order valence-corrected chi connectivity index (χ2v) is 3.32. The Morgan fingerprint density at radius 1 is 1.47 bits per heavy atom. The number of aromatic nitrogens is 1. The summed E-state index contributed by atoms with van der Waals surface area (Å²) in [5.74, 6) is -0.423. The van der Waals surface area contributed by atoms with Crippen LogP contribution in [0.5, 0.6) is 5.75 Å². The number of carbonyl (C=O) groups excluding carboxylic acids is 1. The van der Waals surface area contributed by atoms with Crippen molar-refractivity contribution >= 4 is 11.8 Å². The lowest BCUT2D eigenvalue weighted by molar-refractivity contribution is 0.102. The zero-order valence-corrected chi connectivity index (χ0v) is 8.68. The molecule has 0 aliphatic heterocycles. The molecule has 2 aromatic rings. The summed E-state index contributed by atoms with van der Waals surface area (Å²) in [6, 6.07) is 7.12. The molecule has 1 aromatic carbocycles. The van der Waals surface area contributed by atoms with E-state index in [1.54, 1.807) is 0 Å². The molecule has 1 amide bonds. The van der Waals surface area contributed by atoms with Gasteiger partial charge >= 0.3 is 0 Å². The van der Waals surface area contributed by atoms with E-state index in [0.717, 1.165) is 0 Å². The van der Waals surface area contributed by atoms with Crippen LogP contribution in [0, 0.1) is 0 Å². The predicted molar refractivity (Wildman–Crippen MR) is 57.4 cm³/mol. The van der Waals surface area contributed by atoms with Crippen LogP contribution >= 0.6 is 0 Å². The Morgan fingerprint density at radius 3 is 2.94 bits per heavy atom. The fourth-order valence-electron chi connectivity index (χ4n) is 1.26. The largest absolute Gasteiger partial charge is 0.508 e. The van der Waals surface area contributed by atoms with Gasteiger partial charge in [0.05, 0.1) is 0 Å².